The van der Waals surface area contributed by atoms with Gasteiger partial charge in [-0.1, -0.05) is 0 Å². The van der Waals surface area contributed by atoms with Crippen molar-refractivity contribution in [3.05, 3.63) is 35.4 Å². The molecule has 1 aliphatic rings. The fourth-order valence-corrected chi connectivity index (χ4v) is 2.12. The van der Waals surface area contributed by atoms with Gasteiger partial charge in [0, 0.05) is 18.2 Å². The maximum absolute atomic E-state index is 12.5. The summed E-state index contributed by atoms with van der Waals surface area (Å²) in [6.45, 7) is 0.206. The molecule has 1 aromatic carbocycles. The molecule has 120 valence electrons. The number of ether oxygens (including phenoxy) is 1. The van der Waals surface area contributed by atoms with E-state index in [-0.39, 0.29) is 30.5 Å². The van der Waals surface area contributed by atoms with Gasteiger partial charge in [-0.2, -0.15) is 13.2 Å². The van der Waals surface area contributed by atoms with Gasteiger partial charge in [0.2, 0.25) is 0 Å². The number of carbonyl (C=O) groups excluding carboxylic acids is 2. The number of halogens is 3. The Bertz CT molecular complexity index is 550. The van der Waals surface area contributed by atoms with Gasteiger partial charge in [-0.15, -0.1) is 0 Å². The molecular formula is C15H16F3NO3. The van der Waals surface area contributed by atoms with Gasteiger partial charge in [0.05, 0.1) is 19.1 Å². The molecule has 0 heterocycles. The van der Waals surface area contributed by atoms with Crippen molar-refractivity contribution >= 4 is 11.9 Å². The molecule has 1 aliphatic carbocycles. The Kier molecular flexibility index (Phi) is 4.73. The first kappa shape index (κ1) is 16.3. The largest absolute Gasteiger partial charge is 0.469 e. The molecule has 22 heavy (non-hydrogen) atoms. The van der Waals surface area contributed by atoms with E-state index in [2.05, 4.69) is 4.74 Å². The summed E-state index contributed by atoms with van der Waals surface area (Å²) in [6, 6.07) is 4.16. The van der Waals surface area contributed by atoms with E-state index < -0.39 is 17.7 Å². The SMILES string of the molecule is COC(=O)CCN(C(=O)c1ccc(C(F)(F)F)cc1)C1CC1. The number of esters is 1. The maximum atomic E-state index is 12.5. The first-order valence-electron chi connectivity index (χ1n) is 6.88. The summed E-state index contributed by atoms with van der Waals surface area (Å²) in [7, 11) is 1.27. The molecule has 0 spiro atoms. The highest BCUT2D eigenvalue weighted by atomic mass is 19.4. The molecule has 1 saturated carbocycles. The van der Waals surface area contributed by atoms with Crippen molar-refractivity contribution in [3.8, 4) is 0 Å². The van der Waals surface area contributed by atoms with Crippen molar-refractivity contribution in [2.45, 2.75) is 31.5 Å². The van der Waals surface area contributed by atoms with Crippen molar-refractivity contribution in [1.82, 2.24) is 4.90 Å². The third-order valence-electron chi connectivity index (χ3n) is 3.49. The second kappa shape index (κ2) is 6.37. The third kappa shape index (κ3) is 3.99. The summed E-state index contributed by atoms with van der Waals surface area (Å²) in [5, 5.41) is 0. The summed E-state index contributed by atoms with van der Waals surface area (Å²) in [5.41, 5.74) is -0.610. The lowest BCUT2D eigenvalue weighted by Crippen LogP contribution is -2.35. The smallest absolute Gasteiger partial charge is 0.416 e. The molecule has 4 nitrogen and oxygen atoms in total. The first-order chi connectivity index (χ1) is 10.3. The van der Waals surface area contributed by atoms with Crippen LogP contribution in [0.2, 0.25) is 0 Å². The number of benzene rings is 1. The topological polar surface area (TPSA) is 46.6 Å². The molecule has 0 bridgehead atoms. The van der Waals surface area contributed by atoms with Crippen molar-refractivity contribution in [2.75, 3.05) is 13.7 Å². The van der Waals surface area contributed by atoms with Gasteiger partial charge >= 0.3 is 12.1 Å². The summed E-state index contributed by atoms with van der Waals surface area (Å²) in [6.07, 6.45) is -2.68. The molecule has 2 rings (SSSR count). The number of methoxy groups -OCH3 is 1. The highest BCUT2D eigenvalue weighted by Crippen LogP contribution is 2.31. The predicted octanol–water partition coefficient (Wildman–Crippen LogP) is 2.87. The molecule has 1 amide bonds. The third-order valence-corrected chi connectivity index (χ3v) is 3.49. The van der Waals surface area contributed by atoms with E-state index in [1.165, 1.54) is 24.1 Å². The number of nitrogens with zero attached hydrogens (tertiary/aromatic N) is 1. The molecule has 0 saturated heterocycles. The molecule has 1 fully saturated rings. The average molecular weight is 315 g/mol. The zero-order chi connectivity index (χ0) is 16.3. The fraction of sp³-hybridized carbons (Fsp3) is 0.467. The van der Waals surface area contributed by atoms with Crippen LogP contribution in [0.1, 0.15) is 35.2 Å². The van der Waals surface area contributed by atoms with Crippen LogP contribution in [-0.4, -0.2) is 36.5 Å². The van der Waals surface area contributed by atoms with Crippen molar-refractivity contribution < 1.29 is 27.5 Å². The molecule has 0 atom stereocenters. The van der Waals surface area contributed by atoms with E-state index >= 15 is 0 Å². The Labute approximate surface area is 125 Å². The Morgan fingerprint density at radius 1 is 1.23 bits per heavy atom. The summed E-state index contributed by atoms with van der Waals surface area (Å²) in [4.78, 5) is 25.1. The van der Waals surface area contributed by atoms with Crippen LogP contribution >= 0.6 is 0 Å². The molecule has 0 N–H and O–H groups in total. The van der Waals surface area contributed by atoms with E-state index in [0.717, 1.165) is 25.0 Å². The number of rotatable bonds is 5. The molecule has 7 heteroatoms. The zero-order valence-electron chi connectivity index (χ0n) is 12.0. The van der Waals surface area contributed by atoms with Crippen LogP contribution in [0.25, 0.3) is 0 Å². The van der Waals surface area contributed by atoms with Crippen LogP contribution in [0.5, 0.6) is 0 Å². The van der Waals surface area contributed by atoms with Gasteiger partial charge in [-0.05, 0) is 37.1 Å². The highest BCUT2D eigenvalue weighted by Gasteiger charge is 2.34. The van der Waals surface area contributed by atoms with Crippen LogP contribution in [0.3, 0.4) is 0 Å². The average Bonchev–Trinajstić information content (AvgIpc) is 3.31. The van der Waals surface area contributed by atoms with Gasteiger partial charge in [-0.25, -0.2) is 0 Å². The van der Waals surface area contributed by atoms with Gasteiger partial charge in [0.1, 0.15) is 0 Å². The van der Waals surface area contributed by atoms with Gasteiger partial charge in [0.25, 0.3) is 5.91 Å². The molecule has 0 aromatic heterocycles. The standard InChI is InChI=1S/C15H16F3NO3/c1-22-13(20)8-9-19(12-6-7-12)14(21)10-2-4-11(5-3-10)15(16,17)18/h2-5,12H,6-9H2,1H3. The molecule has 1 aromatic rings. The number of amides is 1. The number of hydrogen-bond acceptors (Lipinski definition) is 3. The van der Waals surface area contributed by atoms with Gasteiger partial charge < -0.3 is 9.64 Å². The lowest BCUT2D eigenvalue weighted by Gasteiger charge is -2.22. The molecule has 0 radical (unpaired) electrons. The van der Waals surface area contributed by atoms with Crippen LogP contribution in [0.15, 0.2) is 24.3 Å². The molecule has 0 aliphatic heterocycles. The van der Waals surface area contributed by atoms with E-state index in [1.807, 2.05) is 0 Å². The van der Waals surface area contributed by atoms with Crippen LogP contribution in [0.4, 0.5) is 13.2 Å². The minimum Gasteiger partial charge on any atom is -0.469 e. The summed E-state index contributed by atoms with van der Waals surface area (Å²) >= 11 is 0. The summed E-state index contributed by atoms with van der Waals surface area (Å²) < 4.78 is 42.1. The van der Waals surface area contributed by atoms with Crippen molar-refractivity contribution in [3.63, 3.8) is 0 Å². The van der Waals surface area contributed by atoms with E-state index in [0.29, 0.717) is 0 Å². The lowest BCUT2D eigenvalue weighted by atomic mass is 10.1. The minimum absolute atomic E-state index is 0.0550. The zero-order valence-corrected chi connectivity index (χ0v) is 12.0. The quantitative estimate of drug-likeness (QED) is 0.785. The van der Waals surface area contributed by atoms with Crippen LogP contribution in [-0.2, 0) is 15.7 Å². The van der Waals surface area contributed by atoms with Crippen molar-refractivity contribution in [1.29, 1.82) is 0 Å². The Morgan fingerprint density at radius 3 is 2.27 bits per heavy atom. The monoisotopic (exact) mass is 315 g/mol. The number of hydrogen-bond donors (Lipinski definition) is 0. The summed E-state index contributed by atoms with van der Waals surface area (Å²) in [5.74, 6) is -0.786. The second-order valence-corrected chi connectivity index (χ2v) is 5.13. The van der Waals surface area contributed by atoms with E-state index in [1.54, 1.807) is 0 Å². The minimum atomic E-state index is -4.43. The maximum Gasteiger partial charge on any atom is 0.416 e. The molecular weight excluding hydrogens is 299 g/mol. The van der Waals surface area contributed by atoms with Gasteiger partial charge in [-0.3, -0.25) is 9.59 Å². The van der Waals surface area contributed by atoms with Crippen LogP contribution in [0, 0.1) is 0 Å². The second-order valence-electron chi connectivity index (χ2n) is 5.13. The van der Waals surface area contributed by atoms with Crippen molar-refractivity contribution in [2.24, 2.45) is 0 Å². The Balaban J connectivity index is 2.08. The normalized spacial score (nSPS) is 14.5. The highest BCUT2D eigenvalue weighted by molar-refractivity contribution is 5.94. The number of carbonyl (C=O) groups is 2. The van der Waals surface area contributed by atoms with E-state index in [9.17, 15) is 22.8 Å². The van der Waals surface area contributed by atoms with E-state index in [4.69, 9.17) is 0 Å². The predicted molar refractivity (Wildman–Crippen MR) is 72.1 cm³/mol. The number of alkyl halides is 3. The Hall–Kier alpha value is -2.05. The van der Waals surface area contributed by atoms with Crippen LogP contribution < -0.4 is 0 Å². The fourth-order valence-electron chi connectivity index (χ4n) is 2.12. The Morgan fingerprint density at radius 2 is 1.82 bits per heavy atom. The molecule has 0 unspecified atom stereocenters. The lowest BCUT2D eigenvalue weighted by molar-refractivity contribution is -0.141. The van der Waals surface area contributed by atoms with Gasteiger partial charge in [0.15, 0.2) is 0 Å². The first-order valence-corrected chi connectivity index (χ1v) is 6.88.